The number of carbonyl (C=O) groups is 1. The summed E-state index contributed by atoms with van der Waals surface area (Å²) in [4.78, 5) is 20.5. The number of hydrogen-bond acceptors (Lipinski definition) is 4. The van der Waals surface area contributed by atoms with Gasteiger partial charge in [0.15, 0.2) is 5.15 Å². The Hall–Kier alpha value is -1.37. The van der Waals surface area contributed by atoms with Gasteiger partial charge in [-0.15, -0.1) is 0 Å². The van der Waals surface area contributed by atoms with Gasteiger partial charge in [0.1, 0.15) is 0 Å². The average molecular weight is 312 g/mol. The number of piperazine rings is 1. The monoisotopic (exact) mass is 311 g/mol. The van der Waals surface area contributed by atoms with Gasteiger partial charge in [-0.25, -0.2) is 9.78 Å². The normalized spacial score (nSPS) is 18.2. The zero-order valence-corrected chi connectivity index (χ0v) is 13.2. The molecule has 0 aliphatic carbocycles. The van der Waals surface area contributed by atoms with E-state index in [2.05, 4.69) is 32.5 Å². The number of rotatable bonds is 4. The van der Waals surface area contributed by atoms with Crippen molar-refractivity contribution >= 4 is 23.3 Å². The molecule has 1 atom stereocenters. The van der Waals surface area contributed by atoms with Crippen LogP contribution in [0.1, 0.15) is 6.92 Å². The van der Waals surface area contributed by atoms with Crippen LogP contribution in [-0.4, -0.2) is 66.6 Å². The summed E-state index contributed by atoms with van der Waals surface area (Å²) < 4.78 is 0. The molecule has 0 aromatic carbocycles. The van der Waals surface area contributed by atoms with Crippen molar-refractivity contribution in [1.29, 1.82) is 0 Å². The van der Waals surface area contributed by atoms with Crippen molar-refractivity contribution < 1.29 is 4.79 Å². The third-order valence-corrected chi connectivity index (χ3v) is 3.81. The van der Waals surface area contributed by atoms with Crippen LogP contribution in [0.2, 0.25) is 5.15 Å². The van der Waals surface area contributed by atoms with Crippen molar-refractivity contribution in [3.8, 4) is 0 Å². The third kappa shape index (κ3) is 5.15. The van der Waals surface area contributed by atoms with Crippen LogP contribution < -0.4 is 10.6 Å². The number of hydrogen-bond donors (Lipinski definition) is 2. The number of amides is 2. The summed E-state index contributed by atoms with van der Waals surface area (Å²) in [6.07, 6.45) is 1.58. The largest absolute Gasteiger partial charge is 0.334 e. The molecule has 1 aliphatic rings. The number of urea groups is 1. The highest BCUT2D eigenvalue weighted by atomic mass is 35.5. The first kappa shape index (κ1) is 16.0. The van der Waals surface area contributed by atoms with Crippen molar-refractivity contribution in [1.82, 2.24) is 20.1 Å². The maximum Gasteiger partial charge on any atom is 0.319 e. The molecular weight excluding hydrogens is 290 g/mol. The SMILES string of the molecule is CC(CN1CCN(C)CC1)NC(=O)Nc1cccnc1Cl. The second-order valence-corrected chi connectivity index (χ2v) is 5.80. The maximum atomic E-state index is 11.9. The molecule has 1 unspecified atom stereocenters. The van der Waals surface area contributed by atoms with Crippen molar-refractivity contribution in [3.05, 3.63) is 23.5 Å². The summed E-state index contributed by atoms with van der Waals surface area (Å²) in [6.45, 7) is 7.08. The minimum absolute atomic E-state index is 0.0730. The van der Waals surface area contributed by atoms with Crippen LogP contribution in [-0.2, 0) is 0 Å². The summed E-state index contributed by atoms with van der Waals surface area (Å²) in [5, 5.41) is 5.93. The Morgan fingerprint density at radius 1 is 1.43 bits per heavy atom. The smallest absolute Gasteiger partial charge is 0.319 e. The third-order valence-electron chi connectivity index (χ3n) is 3.51. The van der Waals surface area contributed by atoms with Gasteiger partial charge in [-0.1, -0.05) is 11.6 Å². The number of nitrogens with zero attached hydrogens (tertiary/aromatic N) is 3. The zero-order valence-electron chi connectivity index (χ0n) is 12.5. The summed E-state index contributed by atoms with van der Waals surface area (Å²) in [7, 11) is 2.13. The Kier molecular flexibility index (Phi) is 5.78. The lowest BCUT2D eigenvalue weighted by Crippen LogP contribution is -2.50. The van der Waals surface area contributed by atoms with E-state index in [0.717, 1.165) is 32.7 Å². The van der Waals surface area contributed by atoms with Gasteiger partial charge in [0, 0.05) is 45.0 Å². The van der Waals surface area contributed by atoms with E-state index in [1.165, 1.54) is 0 Å². The molecule has 21 heavy (non-hydrogen) atoms. The number of nitrogens with one attached hydrogen (secondary N) is 2. The first-order chi connectivity index (χ1) is 10.0. The Morgan fingerprint density at radius 2 is 2.14 bits per heavy atom. The topological polar surface area (TPSA) is 60.5 Å². The molecule has 1 aromatic heterocycles. The molecule has 0 bridgehead atoms. The van der Waals surface area contributed by atoms with E-state index in [9.17, 15) is 4.79 Å². The molecule has 116 valence electrons. The minimum atomic E-state index is -0.258. The average Bonchev–Trinajstić information content (AvgIpc) is 2.44. The first-order valence-electron chi connectivity index (χ1n) is 7.13. The van der Waals surface area contributed by atoms with Crippen molar-refractivity contribution in [2.75, 3.05) is 45.1 Å². The summed E-state index contributed by atoms with van der Waals surface area (Å²) >= 11 is 5.91. The molecule has 1 saturated heterocycles. The van der Waals surface area contributed by atoms with Crippen LogP contribution >= 0.6 is 11.6 Å². The molecule has 2 rings (SSSR count). The highest BCUT2D eigenvalue weighted by Gasteiger charge is 2.17. The second-order valence-electron chi connectivity index (χ2n) is 5.45. The molecule has 0 spiro atoms. The number of carbonyl (C=O) groups excluding carboxylic acids is 1. The number of halogens is 1. The zero-order chi connectivity index (χ0) is 15.2. The predicted molar refractivity (Wildman–Crippen MR) is 84.8 cm³/mol. The Morgan fingerprint density at radius 3 is 2.81 bits per heavy atom. The van der Waals surface area contributed by atoms with Crippen LogP contribution in [0.5, 0.6) is 0 Å². The standard InChI is InChI=1S/C14H22ClN5O/c1-11(10-20-8-6-19(2)7-9-20)17-14(21)18-12-4-3-5-16-13(12)15/h3-5,11H,6-10H2,1-2H3,(H2,17,18,21). The van der Waals surface area contributed by atoms with Gasteiger partial charge < -0.3 is 15.5 Å². The van der Waals surface area contributed by atoms with E-state index in [-0.39, 0.29) is 12.1 Å². The molecule has 6 nitrogen and oxygen atoms in total. The van der Waals surface area contributed by atoms with Gasteiger partial charge in [-0.2, -0.15) is 0 Å². The molecule has 1 aromatic rings. The Balaban J connectivity index is 1.76. The van der Waals surface area contributed by atoms with Gasteiger partial charge in [-0.05, 0) is 26.1 Å². The molecule has 2 N–H and O–H groups in total. The quantitative estimate of drug-likeness (QED) is 0.827. The minimum Gasteiger partial charge on any atom is -0.334 e. The van der Waals surface area contributed by atoms with Gasteiger partial charge in [0.25, 0.3) is 0 Å². The van der Waals surface area contributed by atoms with Crippen molar-refractivity contribution in [3.63, 3.8) is 0 Å². The van der Waals surface area contributed by atoms with Crippen molar-refractivity contribution in [2.45, 2.75) is 13.0 Å². The van der Waals surface area contributed by atoms with E-state index < -0.39 is 0 Å². The van der Waals surface area contributed by atoms with E-state index in [1.807, 2.05) is 6.92 Å². The lowest BCUT2D eigenvalue weighted by molar-refractivity contribution is 0.145. The van der Waals surface area contributed by atoms with Gasteiger partial charge in [-0.3, -0.25) is 4.90 Å². The molecule has 2 heterocycles. The Bertz CT molecular complexity index is 476. The van der Waals surface area contributed by atoms with Crippen LogP contribution in [0.15, 0.2) is 18.3 Å². The maximum absolute atomic E-state index is 11.9. The fraction of sp³-hybridized carbons (Fsp3) is 0.571. The number of pyridine rings is 1. The van der Waals surface area contributed by atoms with Crippen LogP contribution in [0.4, 0.5) is 10.5 Å². The summed E-state index contributed by atoms with van der Waals surface area (Å²) in [5.41, 5.74) is 0.517. The van der Waals surface area contributed by atoms with E-state index in [4.69, 9.17) is 11.6 Å². The van der Waals surface area contributed by atoms with E-state index >= 15 is 0 Å². The van der Waals surface area contributed by atoms with E-state index in [0.29, 0.717) is 10.8 Å². The van der Waals surface area contributed by atoms with Crippen molar-refractivity contribution in [2.24, 2.45) is 0 Å². The Labute approximate surface area is 130 Å². The summed E-state index contributed by atoms with van der Waals surface area (Å²) in [5.74, 6) is 0. The fourth-order valence-corrected chi connectivity index (χ4v) is 2.49. The lowest BCUT2D eigenvalue weighted by Gasteiger charge is -2.34. The molecule has 0 saturated carbocycles. The second kappa shape index (κ2) is 7.59. The van der Waals surface area contributed by atoms with E-state index in [1.54, 1.807) is 18.3 Å². The van der Waals surface area contributed by atoms with Gasteiger partial charge in [0.2, 0.25) is 0 Å². The van der Waals surface area contributed by atoms with Crippen LogP contribution in [0, 0.1) is 0 Å². The highest BCUT2D eigenvalue weighted by Crippen LogP contribution is 2.17. The number of anilines is 1. The molecule has 2 amide bonds. The number of aromatic nitrogens is 1. The van der Waals surface area contributed by atoms with Crippen LogP contribution in [0.3, 0.4) is 0 Å². The highest BCUT2D eigenvalue weighted by molar-refractivity contribution is 6.32. The molecular formula is C14H22ClN5O. The fourth-order valence-electron chi connectivity index (χ4n) is 2.32. The molecule has 7 heteroatoms. The lowest BCUT2D eigenvalue weighted by atomic mass is 10.2. The molecule has 1 fully saturated rings. The summed E-state index contributed by atoms with van der Waals surface area (Å²) in [6, 6.07) is 3.27. The van der Waals surface area contributed by atoms with Gasteiger partial charge in [0.05, 0.1) is 5.69 Å². The number of likely N-dealkylation sites (N-methyl/N-ethyl adjacent to an activating group) is 1. The molecule has 1 aliphatic heterocycles. The molecule has 0 radical (unpaired) electrons. The van der Waals surface area contributed by atoms with Gasteiger partial charge >= 0.3 is 6.03 Å². The predicted octanol–water partition coefficient (Wildman–Crippen LogP) is 1.49. The first-order valence-corrected chi connectivity index (χ1v) is 7.51. The van der Waals surface area contributed by atoms with Crippen LogP contribution in [0.25, 0.3) is 0 Å².